The highest BCUT2D eigenvalue weighted by Crippen LogP contribution is 2.27. The van der Waals surface area contributed by atoms with Gasteiger partial charge in [-0.2, -0.15) is 5.10 Å². The molecule has 0 amide bonds. The van der Waals surface area contributed by atoms with Gasteiger partial charge in [0.25, 0.3) is 5.69 Å². The zero-order chi connectivity index (χ0) is 17.1. The number of nitrogens with two attached hydrogens (primary N) is 1. The fourth-order valence-corrected chi connectivity index (χ4v) is 2.43. The van der Waals surface area contributed by atoms with Crippen molar-refractivity contribution in [1.29, 1.82) is 0 Å². The summed E-state index contributed by atoms with van der Waals surface area (Å²) in [6.45, 7) is 2.33. The quantitative estimate of drug-likeness (QED) is 0.426. The van der Waals surface area contributed by atoms with Crippen LogP contribution in [0.15, 0.2) is 54.7 Å². The van der Waals surface area contributed by atoms with Gasteiger partial charge in [-0.05, 0) is 31.2 Å². The Morgan fingerprint density at radius 1 is 1.25 bits per heavy atom. The van der Waals surface area contributed by atoms with E-state index in [1.54, 1.807) is 10.7 Å². The second kappa shape index (κ2) is 6.41. The normalized spacial score (nSPS) is 10.5. The summed E-state index contributed by atoms with van der Waals surface area (Å²) in [5.74, 6) is 0. The predicted molar refractivity (Wildman–Crippen MR) is 93.1 cm³/mol. The molecule has 0 aliphatic carbocycles. The first-order valence-corrected chi connectivity index (χ1v) is 7.43. The maximum Gasteiger partial charge on any atom is 0.292 e. The molecular formula is C17H17N5O2. The van der Waals surface area contributed by atoms with Crippen molar-refractivity contribution in [2.24, 2.45) is 0 Å². The van der Waals surface area contributed by atoms with Gasteiger partial charge in [0, 0.05) is 30.1 Å². The van der Waals surface area contributed by atoms with Crippen LogP contribution in [0.1, 0.15) is 11.3 Å². The fourth-order valence-electron chi connectivity index (χ4n) is 2.43. The summed E-state index contributed by atoms with van der Waals surface area (Å²) in [6.07, 6.45) is 1.91. The molecule has 3 rings (SSSR count). The van der Waals surface area contributed by atoms with Crippen LogP contribution in [0.25, 0.3) is 5.69 Å². The Morgan fingerprint density at radius 3 is 2.71 bits per heavy atom. The number of nitrogens with zero attached hydrogens (tertiary/aromatic N) is 3. The Kier molecular flexibility index (Phi) is 4.15. The van der Waals surface area contributed by atoms with Crippen molar-refractivity contribution in [1.82, 2.24) is 9.78 Å². The van der Waals surface area contributed by atoms with E-state index in [2.05, 4.69) is 10.4 Å². The Hall–Kier alpha value is -3.35. The first kappa shape index (κ1) is 15.5. The van der Waals surface area contributed by atoms with E-state index >= 15 is 0 Å². The summed E-state index contributed by atoms with van der Waals surface area (Å²) in [4.78, 5) is 10.7. The van der Waals surface area contributed by atoms with Gasteiger partial charge in [0.05, 0.1) is 16.3 Å². The summed E-state index contributed by atoms with van der Waals surface area (Å²) in [5, 5.41) is 18.7. The molecule has 24 heavy (non-hydrogen) atoms. The number of para-hydroxylation sites is 1. The molecule has 0 atom stereocenters. The van der Waals surface area contributed by atoms with Gasteiger partial charge in [0.1, 0.15) is 5.69 Å². The summed E-state index contributed by atoms with van der Waals surface area (Å²) in [7, 11) is 0. The largest absolute Gasteiger partial charge is 0.399 e. The van der Waals surface area contributed by atoms with E-state index < -0.39 is 4.92 Å². The van der Waals surface area contributed by atoms with Crippen LogP contribution >= 0.6 is 0 Å². The van der Waals surface area contributed by atoms with E-state index in [9.17, 15) is 10.1 Å². The number of rotatable bonds is 5. The van der Waals surface area contributed by atoms with Crippen molar-refractivity contribution in [3.8, 4) is 5.69 Å². The first-order chi connectivity index (χ1) is 11.5. The van der Waals surface area contributed by atoms with Crippen molar-refractivity contribution in [2.45, 2.75) is 13.5 Å². The average Bonchev–Trinajstić information content (AvgIpc) is 2.94. The fraction of sp³-hybridized carbons (Fsp3) is 0.118. The van der Waals surface area contributed by atoms with Gasteiger partial charge in [-0.25, -0.2) is 4.68 Å². The third-order valence-electron chi connectivity index (χ3n) is 3.71. The number of benzene rings is 2. The number of hydrogen-bond donors (Lipinski definition) is 2. The number of aromatic nitrogens is 2. The highest BCUT2D eigenvalue weighted by atomic mass is 16.6. The average molecular weight is 323 g/mol. The third-order valence-corrected chi connectivity index (χ3v) is 3.71. The van der Waals surface area contributed by atoms with Crippen LogP contribution in [0.4, 0.5) is 17.1 Å². The standard InChI is InChI=1S/C17H17N5O2/c1-12-13(11-21(20-12)15-5-3-2-4-6-15)10-19-16-9-14(18)7-8-17(16)22(23)24/h2-9,11,19H,10,18H2,1H3. The van der Waals surface area contributed by atoms with Gasteiger partial charge in [-0.3, -0.25) is 10.1 Å². The minimum absolute atomic E-state index is 0.00250. The van der Waals surface area contributed by atoms with Crippen LogP contribution in [-0.4, -0.2) is 14.7 Å². The number of hydrogen-bond acceptors (Lipinski definition) is 5. The predicted octanol–water partition coefficient (Wildman–Crippen LogP) is 3.28. The van der Waals surface area contributed by atoms with E-state index in [1.165, 1.54) is 12.1 Å². The minimum Gasteiger partial charge on any atom is -0.399 e. The second-order valence-electron chi connectivity index (χ2n) is 5.41. The van der Waals surface area contributed by atoms with Gasteiger partial charge < -0.3 is 11.1 Å². The lowest BCUT2D eigenvalue weighted by Crippen LogP contribution is -2.03. The lowest BCUT2D eigenvalue weighted by Gasteiger charge is -2.07. The molecule has 0 aliphatic rings. The molecule has 2 aromatic carbocycles. The maximum absolute atomic E-state index is 11.1. The number of nitrogen functional groups attached to an aromatic ring is 1. The molecule has 3 N–H and O–H groups in total. The van der Waals surface area contributed by atoms with Crippen molar-refractivity contribution < 1.29 is 4.92 Å². The zero-order valence-corrected chi connectivity index (χ0v) is 13.1. The highest BCUT2D eigenvalue weighted by Gasteiger charge is 2.14. The van der Waals surface area contributed by atoms with Crippen molar-refractivity contribution in [3.63, 3.8) is 0 Å². The molecule has 7 nitrogen and oxygen atoms in total. The Morgan fingerprint density at radius 2 is 2.00 bits per heavy atom. The summed E-state index contributed by atoms with van der Waals surface area (Å²) in [5.41, 5.74) is 9.37. The van der Waals surface area contributed by atoms with Gasteiger partial charge in [0.15, 0.2) is 0 Å². The highest BCUT2D eigenvalue weighted by molar-refractivity contribution is 5.67. The molecule has 0 fully saturated rings. The lowest BCUT2D eigenvalue weighted by molar-refractivity contribution is -0.383. The summed E-state index contributed by atoms with van der Waals surface area (Å²) in [6, 6.07) is 14.2. The van der Waals surface area contributed by atoms with Crippen LogP contribution in [0.3, 0.4) is 0 Å². The van der Waals surface area contributed by atoms with Crippen LogP contribution in [0, 0.1) is 17.0 Å². The van der Waals surface area contributed by atoms with Gasteiger partial charge >= 0.3 is 0 Å². The number of nitro benzene ring substituents is 1. The molecule has 3 aromatic rings. The van der Waals surface area contributed by atoms with Gasteiger partial charge in [-0.1, -0.05) is 18.2 Å². The summed E-state index contributed by atoms with van der Waals surface area (Å²) < 4.78 is 1.79. The van der Waals surface area contributed by atoms with Crippen molar-refractivity contribution >= 4 is 17.1 Å². The van der Waals surface area contributed by atoms with Crippen LogP contribution in [0.2, 0.25) is 0 Å². The third kappa shape index (κ3) is 3.19. The van der Waals surface area contributed by atoms with Gasteiger partial charge in [-0.15, -0.1) is 0 Å². The molecule has 0 aliphatic heterocycles. The van der Waals surface area contributed by atoms with E-state index in [0.717, 1.165) is 16.9 Å². The molecule has 0 spiro atoms. The minimum atomic E-state index is -0.429. The van der Waals surface area contributed by atoms with E-state index in [0.29, 0.717) is 17.9 Å². The van der Waals surface area contributed by atoms with Crippen molar-refractivity contribution in [3.05, 3.63) is 76.1 Å². The van der Waals surface area contributed by atoms with Crippen LogP contribution in [0.5, 0.6) is 0 Å². The maximum atomic E-state index is 11.1. The van der Waals surface area contributed by atoms with E-state index in [-0.39, 0.29) is 5.69 Å². The molecule has 1 heterocycles. The number of aryl methyl sites for hydroxylation is 1. The van der Waals surface area contributed by atoms with E-state index in [1.807, 2.05) is 43.5 Å². The molecule has 0 saturated heterocycles. The number of anilines is 2. The smallest absolute Gasteiger partial charge is 0.292 e. The first-order valence-electron chi connectivity index (χ1n) is 7.43. The zero-order valence-electron chi connectivity index (χ0n) is 13.1. The Labute approximate surface area is 138 Å². The SMILES string of the molecule is Cc1nn(-c2ccccc2)cc1CNc1cc(N)ccc1[N+](=O)[O-]. The summed E-state index contributed by atoms with van der Waals surface area (Å²) >= 11 is 0. The molecule has 7 heteroatoms. The molecule has 122 valence electrons. The lowest BCUT2D eigenvalue weighted by atomic mass is 10.2. The molecule has 0 bridgehead atoms. The Bertz CT molecular complexity index is 874. The number of nitro groups is 1. The molecule has 0 unspecified atom stereocenters. The number of nitrogens with one attached hydrogen (secondary N) is 1. The van der Waals surface area contributed by atoms with Crippen LogP contribution < -0.4 is 11.1 Å². The monoisotopic (exact) mass is 323 g/mol. The topological polar surface area (TPSA) is 99.0 Å². The van der Waals surface area contributed by atoms with Crippen molar-refractivity contribution in [2.75, 3.05) is 11.1 Å². The Balaban J connectivity index is 1.82. The van der Waals surface area contributed by atoms with Crippen LogP contribution in [-0.2, 0) is 6.54 Å². The molecule has 0 saturated carbocycles. The molecular weight excluding hydrogens is 306 g/mol. The van der Waals surface area contributed by atoms with Gasteiger partial charge in [0.2, 0.25) is 0 Å². The second-order valence-corrected chi connectivity index (χ2v) is 5.41. The molecule has 1 aromatic heterocycles. The van der Waals surface area contributed by atoms with E-state index in [4.69, 9.17) is 5.73 Å². The molecule has 0 radical (unpaired) electrons.